The third kappa shape index (κ3) is 3.89. The Morgan fingerprint density at radius 1 is 1.24 bits per heavy atom. The molecule has 3 aliphatic rings. The van der Waals surface area contributed by atoms with Crippen molar-refractivity contribution in [2.75, 3.05) is 19.6 Å². The van der Waals surface area contributed by atoms with Crippen LogP contribution in [-0.4, -0.2) is 48.4 Å². The first-order valence-electron chi connectivity index (χ1n) is 8.04. The minimum Gasteiger partial charge on any atom is -0.354 e. The van der Waals surface area contributed by atoms with Crippen LogP contribution in [0.2, 0.25) is 0 Å². The lowest BCUT2D eigenvalue weighted by atomic mass is 10.1. The second-order valence-electron chi connectivity index (χ2n) is 6.42. The quantitative estimate of drug-likeness (QED) is 0.816. The van der Waals surface area contributed by atoms with E-state index < -0.39 is 0 Å². The van der Waals surface area contributed by atoms with Gasteiger partial charge in [0.15, 0.2) is 0 Å². The van der Waals surface area contributed by atoms with Gasteiger partial charge in [-0.1, -0.05) is 12.8 Å². The maximum absolute atomic E-state index is 12.2. The summed E-state index contributed by atoms with van der Waals surface area (Å²) in [5.41, 5.74) is 0. The second-order valence-corrected chi connectivity index (χ2v) is 6.42. The highest BCUT2D eigenvalue weighted by molar-refractivity contribution is 5.89. The van der Waals surface area contributed by atoms with E-state index >= 15 is 0 Å². The van der Waals surface area contributed by atoms with Crippen molar-refractivity contribution in [3.63, 3.8) is 0 Å². The number of halogens is 1. The zero-order chi connectivity index (χ0) is 13.9. The van der Waals surface area contributed by atoms with Crippen LogP contribution >= 0.6 is 12.4 Å². The Bertz CT molecular complexity index is 379. The van der Waals surface area contributed by atoms with E-state index in [-0.39, 0.29) is 30.1 Å². The third-order valence-corrected chi connectivity index (χ3v) is 4.98. The van der Waals surface area contributed by atoms with Crippen LogP contribution in [0.4, 0.5) is 0 Å². The van der Waals surface area contributed by atoms with E-state index in [0.29, 0.717) is 31.6 Å². The van der Waals surface area contributed by atoms with Crippen molar-refractivity contribution in [3.8, 4) is 0 Å². The number of nitrogens with one attached hydrogen (secondary N) is 2. The van der Waals surface area contributed by atoms with Gasteiger partial charge in [-0.05, 0) is 32.2 Å². The number of nitrogens with zero attached hydrogens (tertiary/aromatic N) is 1. The lowest BCUT2D eigenvalue weighted by molar-refractivity contribution is -0.130. The minimum absolute atomic E-state index is 0. The molecule has 3 fully saturated rings. The fraction of sp³-hybridized carbons (Fsp3) is 0.867. The summed E-state index contributed by atoms with van der Waals surface area (Å²) in [7, 11) is 0. The first kappa shape index (κ1) is 16.6. The van der Waals surface area contributed by atoms with Gasteiger partial charge in [-0.25, -0.2) is 0 Å². The number of carbonyl (C=O) groups is 2. The molecule has 2 atom stereocenters. The summed E-state index contributed by atoms with van der Waals surface area (Å²) in [5.74, 6) is 0.105. The minimum atomic E-state index is -0.135. The number of hydrogen-bond acceptors (Lipinski definition) is 3. The van der Waals surface area contributed by atoms with Crippen LogP contribution in [0.5, 0.6) is 0 Å². The SMILES string of the molecule is Cl.O=C(NCC1CCCN1)C1CC(=O)N(C2CCCC2)C1. The standard InChI is InChI=1S/C15H25N3O2.ClH/c19-14-8-11(10-18(14)13-5-1-2-6-13)15(20)17-9-12-4-3-7-16-12;/h11-13,16H,1-10H2,(H,17,20);1H. The maximum Gasteiger partial charge on any atom is 0.225 e. The van der Waals surface area contributed by atoms with Gasteiger partial charge in [0, 0.05) is 31.6 Å². The molecule has 21 heavy (non-hydrogen) atoms. The molecule has 2 amide bonds. The smallest absolute Gasteiger partial charge is 0.225 e. The number of rotatable bonds is 4. The topological polar surface area (TPSA) is 61.4 Å². The molecule has 0 aromatic rings. The molecule has 1 saturated carbocycles. The van der Waals surface area contributed by atoms with Crippen LogP contribution in [0, 0.1) is 5.92 Å². The molecule has 0 aromatic heterocycles. The highest BCUT2D eigenvalue weighted by atomic mass is 35.5. The van der Waals surface area contributed by atoms with E-state index in [1.165, 1.54) is 19.3 Å². The van der Waals surface area contributed by atoms with Crippen LogP contribution in [-0.2, 0) is 9.59 Å². The zero-order valence-corrected chi connectivity index (χ0v) is 13.3. The summed E-state index contributed by atoms with van der Waals surface area (Å²) in [6.45, 7) is 2.39. The average molecular weight is 316 g/mol. The Labute approximate surface area is 132 Å². The molecule has 0 spiro atoms. The molecule has 5 nitrogen and oxygen atoms in total. The predicted molar refractivity (Wildman–Crippen MR) is 83.4 cm³/mol. The summed E-state index contributed by atoms with van der Waals surface area (Å²) < 4.78 is 0. The molecule has 2 saturated heterocycles. The summed E-state index contributed by atoms with van der Waals surface area (Å²) in [6.07, 6.45) is 7.41. The van der Waals surface area contributed by atoms with Gasteiger partial charge in [-0.3, -0.25) is 9.59 Å². The van der Waals surface area contributed by atoms with Crippen LogP contribution < -0.4 is 10.6 Å². The monoisotopic (exact) mass is 315 g/mol. The largest absolute Gasteiger partial charge is 0.354 e. The summed E-state index contributed by atoms with van der Waals surface area (Å²) >= 11 is 0. The molecule has 0 radical (unpaired) electrons. The number of likely N-dealkylation sites (tertiary alicyclic amines) is 1. The molecule has 120 valence electrons. The van der Waals surface area contributed by atoms with E-state index in [9.17, 15) is 9.59 Å². The number of carbonyl (C=O) groups excluding carboxylic acids is 2. The van der Waals surface area contributed by atoms with Crippen LogP contribution in [0.3, 0.4) is 0 Å². The fourth-order valence-corrected chi connectivity index (χ4v) is 3.78. The molecule has 1 aliphatic carbocycles. The zero-order valence-electron chi connectivity index (χ0n) is 12.5. The van der Waals surface area contributed by atoms with E-state index in [2.05, 4.69) is 10.6 Å². The molecule has 0 aromatic carbocycles. The molecule has 2 N–H and O–H groups in total. The van der Waals surface area contributed by atoms with E-state index in [0.717, 1.165) is 25.8 Å². The summed E-state index contributed by atoms with van der Waals surface area (Å²) in [4.78, 5) is 26.2. The molecule has 2 heterocycles. The Morgan fingerprint density at radius 3 is 2.67 bits per heavy atom. The number of hydrogen-bond donors (Lipinski definition) is 2. The van der Waals surface area contributed by atoms with Crippen LogP contribution in [0.1, 0.15) is 44.9 Å². The van der Waals surface area contributed by atoms with Crippen molar-refractivity contribution in [1.29, 1.82) is 0 Å². The summed E-state index contributed by atoms with van der Waals surface area (Å²) in [6, 6.07) is 0.818. The van der Waals surface area contributed by atoms with Crippen LogP contribution in [0.25, 0.3) is 0 Å². The first-order valence-corrected chi connectivity index (χ1v) is 8.04. The fourth-order valence-electron chi connectivity index (χ4n) is 3.78. The van der Waals surface area contributed by atoms with Crippen molar-refractivity contribution in [1.82, 2.24) is 15.5 Å². The normalized spacial score (nSPS) is 29.7. The highest BCUT2D eigenvalue weighted by Crippen LogP contribution is 2.29. The Kier molecular flexibility index (Phi) is 5.88. The lowest BCUT2D eigenvalue weighted by Crippen LogP contribution is -2.41. The molecular weight excluding hydrogens is 290 g/mol. The molecule has 2 unspecified atom stereocenters. The first-order chi connectivity index (χ1) is 9.74. The molecular formula is C15H26ClN3O2. The van der Waals surface area contributed by atoms with E-state index in [1.807, 2.05) is 4.90 Å². The van der Waals surface area contributed by atoms with Crippen molar-refractivity contribution in [2.24, 2.45) is 5.92 Å². The van der Waals surface area contributed by atoms with Gasteiger partial charge in [0.2, 0.25) is 11.8 Å². The molecule has 3 rings (SSSR count). The van der Waals surface area contributed by atoms with Gasteiger partial charge in [0.1, 0.15) is 0 Å². The van der Waals surface area contributed by atoms with Gasteiger partial charge >= 0.3 is 0 Å². The van der Waals surface area contributed by atoms with Crippen molar-refractivity contribution in [3.05, 3.63) is 0 Å². The van der Waals surface area contributed by atoms with Gasteiger partial charge in [-0.2, -0.15) is 0 Å². The third-order valence-electron chi connectivity index (χ3n) is 4.98. The van der Waals surface area contributed by atoms with Crippen LogP contribution in [0.15, 0.2) is 0 Å². The van der Waals surface area contributed by atoms with E-state index in [4.69, 9.17) is 0 Å². The van der Waals surface area contributed by atoms with Gasteiger partial charge in [0.05, 0.1) is 5.92 Å². The Hall–Kier alpha value is -0.810. The van der Waals surface area contributed by atoms with Crippen molar-refractivity contribution in [2.45, 2.75) is 57.0 Å². The van der Waals surface area contributed by atoms with Crippen molar-refractivity contribution < 1.29 is 9.59 Å². The van der Waals surface area contributed by atoms with Gasteiger partial charge in [0.25, 0.3) is 0 Å². The molecule has 6 heteroatoms. The summed E-state index contributed by atoms with van der Waals surface area (Å²) in [5, 5.41) is 6.39. The average Bonchev–Trinajstić information content (AvgIpc) is 3.17. The Morgan fingerprint density at radius 2 is 2.00 bits per heavy atom. The maximum atomic E-state index is 12.2. The molecule has 2 aliphatic heterocycles. The molecule has 0 bridgehead atoms. The lowest BCUT2D eigenvalue weighted by Gasteiger charge is -2.24. The van der Waals surface area contributed by atoms with Gasteiger partial charge in [-0.15, -0.1) is 12.4 Å². The van der Waals surface area contributed by atoms with Gasteiger partial charge < -0.3 is 15.5 Å². The predicted octanol–water partition coefficient (Wildman–Crippen LogP) is 1.07. The van der Waals surface area contributed by atoms with E-state index in [1.54, 1.807) is 0 Å². The number of amides is 2. The highest BCUT2D eigenvalue weighted by Gasteiger charge is 2.38. The Balaban J connectivity index is 0.00000161. The second kappa shape index (κ2) is 7.45. The van der Waals surface area contributed by atoms with Crippen molar-refractivity contribution >= 4 is 24.2 Å².